The minimum atomic E-state index is -0.516. The van der Waals surface area contributed by atoms with Crippen molar-refractivity contribution in [1.29, 1.82) is 0 Å². The van der Waals surface area contributed by atoms with Gasteiger partial charge in [0.2, 0.25) is 0 Å². The van der Waals surface area contributed by atoms with Crippen LogP contribution in [0.2, 0.25) is 0 Å². The van der Waals surface area contributed by atoms with Crippen LogP contribution in [-0.4, -0.2) is 18.2 Å². The average molecular weight is 246 g/mol. The number of para-hydroxylation sites is 1. The Balaban J connectivity index is 2.97. The molecule has 0 N–H and O–H groups in total. The fourth-order valence-electron chi connectivity index (χ4n) is 1.43. The van der Waals surface area contributed by atoms with E-state index in [9.17, 15) is 4.79 Å². The first-order valence-electron chi connectivity index (χ1n) is 5.89. The molecule has 1 rings (SSSR count). The molecular formula is C15H18O3. The molecule has 3 nitrogen and oxygen atoms in total. The van der Waals surface area contributed by atoms with Crippen molar-refractivity contribution >= 4 is 5.97 Å². The average Bonchev–Trinajstić information content (AvgIpc) is 2.27. The Bertz CT molecular complexity index is 478. The van der Waals surface area contributed by atoms with Gasteiger partial charge in [-0.05, 0) is 32.9 Å². The maximum absolute atomic E-state index is 11.0. The number of rotatable bonds is 3. The van der Waals surface area contributed by atoms with E-state index in [2.05, 4.69) is 11.8 Å². The van der Waals surface area contributed by atoms with E-state index < -0.39 is 5.60 Å². The van der Waals surface area contributed by atoms with Gasteiger partial charge in [-0.2, -0.15) is 0 Å². The standard InChI is InChI=1S/C15H18O3/c1-5-17-15(3,4)11-10-13-8-6-7-9-14(13)18-12(2)16/h6-9H,5H2,1-4H3. The van der Waals surface area contributed by atoms with Crippen molar-refractivity contribution < 1.29 is 14.3 Å². The van der Waals surface area contributed by atoms with Crippen molar-refractivity contribution in [2.24, 2.45) is 0 Å². The Labute approximate surface area is 108 Å². The molecule has 0 amide bonds. The molecule has 0 spiro atoms. The Morgan fingerprint density at radius 3 is 2.61 bits per heavy atom. The summed E-state index contributed by atoms with van der Waals surface area (Å²) in [6.45, 7) is 7.70. The van der Waals surface area contributed by atoms with Crippen molar-refractivity contribution in [3.63, 3.8) is 0 Å². The van der Waals surface area contributed by atoms with Crippen molar-refractivity contribution in [2.45, 2.75) is 33.3 Å². The van der Waals surface area contributed by atoms with Crippen molar-refractivity contribution in [3.8, 4) is 17.6 Å². The summed E-state index contributed by atoms with van der Waals surface area (Å²) in [7, 11) is 0. The highest BCUT2D eigenvalue weighted by molar-refractivity contribution is 5.70. The largest absolute Gasteiger partial charge is 0.425 e. The predicted octanol–water partition coefficient (Wildman–Crippen LogP) is 2.78. The summed E-state index contributed by atoms with van der Waals surface area (Å²) < 4.78 is 10.6. The first kappa shape index (κ1) is 14.3. The molecule has 3 heteroatoms. The van der Waals surface area contributed by atoms with Crippen LogP contribution in [0.25, 0.3) is 0 Å². The number of hydrogen-bond acceptors (Lipinski definition) is 3. The smallest absolute Gasteiger partial charge is 0.308 e. The lowest BCUT2D eigenvalue weighted by Crippen LogP contribution is -2.21. The van der Waals surface area contributed by atoms with E-state index in [1.807, 2.05) is 32.9 Å². The lowest BCUT2D eigenvalue weighted by Gasteiger charge is -2.17. The van der Waals surface area contributed by atoms with Gasteiger partial charge in [-0.3, -0.25) is 4.79 Å². The topological polar surface area (TPSA) is 35.5 Å². The van der Waals surface area contributed by atoms with Crippen LogP contribution >= 0.6 is 0 Å². The highest BCUT2D eigenvalue weighted by atomic mass is 16.5. The minimum Gasteiger partial charge on any atom is -0.425 e. The molecule has 18 heavy (non-hydrogen) atoms. The predicted molar refractivity (Wildman–Crippen MR) is 70.3 cm³/mol. The summed E-state index contributed by atoms with van der Waals surface area (Å²) in [5.74, 6) is 6.14. The molecule has 0 aliphatic heterocycles. The lowest BCUT2D eigenvalue weighted by molar-refractivity contribution is -0.131. The summed E-state index contributed by atoms with van der Waals surface area (Å²) >= 11 is 0. The van der Waals surface area contributed by atoms with Gasteiger partial charge in [0.15, 0.2) is 0 Å². The molecule has 0 fully saturated rings. The van der Waals surface area contributed by atoms with E-state index in [-0.39, 0.29) is 5.97 Å². The molecule has 0 radical (unpaired) electrons. The Hall–Kier alpha value is -1.79. The fourth-order valence-corrected chi connectivity index (χ4v) is 1.43. The summed E-state index contributed by atoms with van der Waals surface area (Å²) in [5, 5.41) is 0. The fraction of sp³-hybridized carbons (Fsp3) is 0.400. The molecule has 0 aromatic heterocycles. The SMILES string of the molecule is CCOC(C)(C)C#Cc1ccccc1OC(C)=O. The Morgan fingerprint density at radius 2 is 2.00 bits per heavy atom. The number of esters is 1. The lowest BCUT2D eigenvalue weighted by atomic mass is 10.1. The molecule has 0 saturated carbocycles. The summed E-state index contributed by atoms with van der Waals surface area (Å²) in [5.41, 5.74) is 0.165. The van der Waals surface area contributed by atoms with Crippen molar-refractivity contribution in [2.75, 3.05) is 6.61 Å². The van der Waals surface area contributed by atoms with Crippen LogP contribution in [0.3, 0.4) is 0 Å². The molecule has 0 atom stereocenters. The number of carbonyl (C=O) groups excluding carboxylic acids is 1. The van der Waals surface area contributed by atoms with Crippen LogP contribution in [0.1, 0.15) is 33.3 Å². The number of carbonyl (C=O) groups is 1. The van der Waals surface area contributed by atoms with Gasteiger partial charge in [0, 0.05) is 13.5 Å². The van der Waals surface area contributed by atoms with E-state index in [1.165, 1.54) is 6.92 Å². The third-order valence-electron chi connectivity index (χ3n) is 2.14. The number of benzene rings is 1. The number of hydrogen-bond donors (Lipinski definition) is 0. The van der Waals surface area contributed by atoms with Gasteiger partial charge in [0.05, 0.1) is 5.56 Å². The van der Waals surface area contributed by atoms with Crippen LogP contribution in [0.4, 0.5) is 0 Å². The monoisotopic (exact) mass is 246 g/mol. The second kappa shape index (κ2) is 6.23. The van der Waals surface area contributed by atoms with Gasteiger partial charge >= 0.3 is 5.97 Å². The first-order chi connectivity index (χ1) is 8.44. The molecule has 0 aliphatic rings. The van der Waals surface area contributed by atoms with Crippen LogP contribution in [0.15, 0.2) is 24.3 Å². The van der Waals surface area contributed by atoms with Gasteiger partial charge in [-0.15, -0.1) is 0 Å². The minimum absolute atomic E-state index is 0.353. The van der Waals surface area contributed by atoms with Crippen molar-refractivity contribution in [3.05, 3.63) is 29.8 Å². The highest BCUT2D eigenvalue weighted by Gasteiger charge is 2.13. The first-order valence-corrected chi connectivity index (χ1v) is 5.89. The zero-order valence-electron chi connectivity index (χ0n) is 11.2. The van der Waals surface area contributed by atoms with Crippen LogP contribution in [0.5, 0.6) is 5.75 Å². The molecule has 96 valence electrons. The third-order valence-corrected chi connectivity index (χ3v) is 2.14. The van der Waals surface area contributed by atoms with E-state index in [4.69, 9.17) is 9.47 Å². The van der Waals surface area contributed by atoms with Gasteiger partial charge in [-0.25, -0.2) is 0 Å². The maximum atomic E-state index is 11.0. The zero-order valence-corrected chi connectivity index (χ0v) is 11.2. The quantitative estimate of drug-likeness (QED) is 0.467. The molecule has 0 heterocycles. The normalized spacial score (nSPS) is 10.4. The van der Waals surface area contributed by atoms with Crippen LogP contribution in [0, 0.1) is 11.8 Å². The maximum Gasteiger partial charge on any atom is 0.308 e. The van der Waals surface area contributed by atoms with Crippen LogP contribution in [-0.2, 0) is 9.53 Å². The summed E-state index contributed by atoms with van der Waals surface area (Å²) in [6, 6.07) is 7.19. The van der Waals surface area contributed by atoms with Crippen molar-refractivity contribution in [1.82, 2.24) is 0 Å². The third kappa shape index (κ3) is 4.60. The second-order valence-corrected chi connectivity index (χ2v) is 4.28. The summed E-state index contributed by atoms with van der Waals surface area (Å²) in [4.78, 5) is 11.0. The van der Waals surface area contributed by atoms with Gasteiger partial charge < -0.3 is 9.47 Å². The van der Waals surface area contributed by atoms with Crippen LogP contribution < -0.4 is 4.74 Å². The van der Waals surface area contributed by atoms with Gasteiger partial charge in [0.25, 0.3) is 0 Å². The molecular weight excluding hydrogens is 228 g/mol. The molecule has 0 saturated heterocycles. The zero-order chi connectivity index (χ0) is 13.6. The van der Waals surface area contributed by atoms with E-state index in [0.717, 1.165) is 0 Å². The Kier molecular flexibility index (Phi) is 4.94. The summed E-state index contributed by atoms with van der Waals surface area (Å²) in [6.07, 6.45) is 0. The van der Waals surface area contributed by atoms with E-state index in [0.29, 0.717) is 17.9 Å². The molecule has 0 bridgehead atoms. The number of ether oxygens (including phenoxy) is 2. The van der Waals surface area contributed by atoms with E-state index in [1.54, 1.807) is 12.1 Å². The van der Waals surface area contributed by atoms with E-state index >= 15 is 0 Å². The highest BCUT2D eigenvalue weighted by Crippen LogP contribution is 2.17. The molecule has 0 unspecified atom stereocenters. The Morgan fingerprint density at radius 1 is 1.33 bits per heavy atom. The second-order valence-electron chi connectivity index (χ2n) is 4.28. The van der Waals surface area contributed by atoms with Gasteiger partial charge in [-0.1, -0.05) is 24.0 Å². The molecule has 0 aliphatic carbocycles. The molecule has 1 aromatic rings. The molecule has 1 aromatic carbocycles. The van der Waals surface area contributed by atoms with Gasteiger partial charge in [0.1, 0.15) is 11.4 Å².